The molecule has 0 unspecified atom stereocenters. The van der Waals surface area contributed by atoms with Gasteiger partial charge in [-0.3, -0.25) is 10.1 Å². The summed E-state index contributed by atoms with van der Waals surface area (Å²) in [5.41, 5.74) is 6.73. The third-order valence-corrected chi connectivity index (χ3v) is 4.21. The maximum Gasteiger partial charge on any atom is 0.290 e. The van der Waals surface area contributed by atoms with Crippen LogP contribution in [0.1, 0.15) is 44.6 Å². The van der Waals surface area contributed by atoms with Crippen LogP contribution in [-0.2, 0) is 0 Å². The quantitative estimate of drug-likeness (QED) is 0.666. The zero-order valence-electron chi connectivity index (χ0n) is 12.8. The van der Waals surface area contributed by atoms with Gasteiger partial charge >= 0.3 is 0 Å². The fraction of sp³-hybridized carbons (Fsp3) is 0.667. The Kier molecular flexibility index (Phi) is 5.12. The van der Waals surface area contributed by atoms with E-state index in [2.05, 4.69) is 16.8 Å². The Balaban J connectivity index is 2.21. The van der Waals surface area contributed by atoms with Gasteiger partial charge in [0.1, 0.15) is 12.0 Å². The van der Waals surface area contributed by atoms with E-state index >= 15 is 0 Å². The number of nitrogens with two attached hydrogens (primary N) is 1. The van der Waals surface area contributed by atoms with Gasteiger partial charge in [-0.15, -0.1) is 0 Å². The molecule has 21 heavy (non-hydrogen) atoms. The largest absolute Gasteiger partial charge is 0.354 e. The van der Waals surface area contributed by atoms with E-state index in [9.17, 15) is 10.1 Å². The van der Waals surface area contributed by atoms with Crippen LogP contribution in [0.4, 0.5) is 11.5 Å². The molecule has 2 rings (SSSR count). The van der Waals surface area contributed by atoms with Crippen molar-refractivity contribution >= 4 is 11.5 Å². The van der Waals surface area contributed by atoms with Gasteiger partial charge in [0.25, 0.3) is 5.69 Å². The Labute approximate surface area is 125 Å². The first-order chi connectivity index (χ1) is 10.0. The van der Waals surface area contributed by atoms with Crippen LogP contribution in [0.15, 0.2) is 12.3 Å². The minimum atomic E-state index is -0.379. The highest BCUT2D eigenvalue weighted by Gasteiger charge is 2.25. The molecule has 0 radical (unpaired) electrons. The summed E-state index contributed by atoms with van der Waals surface area (Å²) in [4.78, 5) is 17.1. The number of pyridine rings is 1. The summed E-state index contributed by atoms with van der Waals surface area (Å²) in [6, 6.07) is 2.59. The highest BCUT2D eigenvalue weighted by molar-refractivity contribution is 5.49. The van der Waals surface area contributed by atoms with E-state index < -0.39 is 0 Å². The summed E-state index contributed by atoms with van der Waals surface area (Å²) in [7, 11) is 0. The Hall–Kier alpha value is -1.69. The molecule has 2 N–H and O–H groups in total. The topological polar surface area (TPSA) is 85.3 Å². The summed E-state index contributed by atoms with van der Waals surface area (Å²) in [5.74, 6) is 0.848. The van der Waals surface area contributed by atoms with Gasteiger partial charge in [0, 0.05) is 24.2 Å². The smallest absolute Gasteiger partial charge is 0.290 e. The van der Waals surface area contributed by atoms with Gasteiger partial charge in [0.05, 0.1) is 4.92 Å². The molecule has 1 aliphatic carbocycles. The number of rotatable bonds is 5. The molecule has 1 heterocycles. The first-order valence-corrected chi connectivity index (χ1v) is 7.66. The highest BCUT2D eigenvalue weighted by Crippen LogP contribution is 2.28. The van der Waals surface area contributed by atoms with Crippen LogP contribution in [0.2, 0.25) is 0 Å². The Morgan fingerprint density at radius 2 is 2.10 bits per heavy atom. The molecule has 0 saturated heterocycles. The first-order valence-electron chi connectivity index (χ1n) is 7.66. The predicted octanol–water partition coefficient (Wildman–Crippen LogP) is 2.78. The van der Waals surface area contributed by atoms with E-state index in [1.807, 2.05) is 6.07 Å². The molecule has 0 aliphatic heterocycles. The lowest BCUT2D eigenvalue weighted by molar-refractivity contribution is -0.385. The number of nitro groups is 1. The molecular formula is C15H24N4O2. The second-order valence-corrected chi connectivity index (χ2v) is 5.85. The molecule has 1 aliphatic rings. The Morgan fingerprint density at radius 3 is 2.62 bits per heavy atom. The van der Waals surface area contributed by atoms with E-state index in [1.54, 1.807) is 6.92 Å². The average molecular weight is 292 g/mol. The monoisotopic (exact) mass is 292 g/mol. The summed E-state index contributed by atoms with van der Waals surface area (Å²) in [5, 5.41) is 10.9. The second kappa shape index (κ2) is 6.85. The van der Waals surface area contributed by atoms with Crippen molar-refractivity contribution < 1.29 is 4.92 Å². The molecule has 1 aromatic rings. The van der Waals surface area contributed by atoms with Crippen molar-refractivity contribution in [3.8, 4) is 0 Å². The molecule has 0 aromatic carbocycles. The zero-order valence-corrected chi connectivity index (χ0v) is 12.8. The van der Waals surface area contributed by atoms with Crippen LogP contribution >= 0.6 is 0 Å². The number of aromatic nitrogens is 1. The number of anilines is 1. The fourth-order valence-corrected chi connectivity index (χ4v) is 3.02. The molecule has 1 saturated carbocycles. The molecule has 0 spiro atoms. The predicted molar refractivity (Wildman–Crippen MR) is 83.5 cm³/mol. The van der Waals surface area contributed by atoms with Crippen molar-refractivity contribution in [2.24, 2.45) is 5.73 Å². The molecule has 0 amide bonds. The minimum absolute atomic E-state index is 0.0841. The van der Waals surface area contributed by atoms with Gasteiger partial charge < -0.3 is 10.6 Å². The summed E-state index contributed by atoms with van der Waals surface area (Å²) in [6.45, 7) is 4.83. The molecule has 0 bridgehead atoms. The summed E-state index contributed by atoms with van der Waals surface area (Å²) in [6.07, 6.45) is 6.62. The molecule has 6 heteroatoms. The summed E-state index contributed by atoms with van der Waals surface area (Å²) < 4.78 is 0. The standard InChI is InChI=1S/C15H24N4O2/c1-3-8-18(13-6-4-12(16)5-7-13)15-9-11(2)14(10-17-15)19(20)21/h9-10,12-13H,3-8,16H2,1-2H3. The van der Waals surface area contributed by atoms with Crippen molar-refractivity contribution in [1.29, 1.82) is 0 Å². The van der Waals surface area contributed by atoms with E-state index in [-0.39, 0.29) is 10.6 Å². The molecule has 1 aromatic heterocycles. The maximum absolute atomic E-state index is 10.9. The van der Waals surface area contributed by atoms with Gasteiger partial charge in [-0.05, 0) is 45.1 Å². The number of hydrogen-bond acceptors (Lipinski definition) is 5. The lowest BCUT2D eigenvalue weighted by Crippen LogP contribution is -2.41. The van der Waals surface area contributed by atoms with Crippen LogP contribution in [0.25, 0.3) is 0 Å². The van der Waals surface area contributed by atoms with E-state index in [0.29, 0.717) is 17.6 Å². The number of hydrogen-bond donors (Lipinski definition) is 1. The van der Waals surface area contributed by atoms with Gasteiger partial charge in [-0.2, -0.15) is 0 Å². The van der Waals surface area contributed by atoms with Crippen LogP contribution in [0.5, 0.6) is 0 Å². The maximum atomic E-state index is 10.9. The lowest BCUT2D eigenvalue weighted by Gasteiger charge is -2.37. The normalized spacial score (nSPS) is 22.0. The molecule has 1 fully saturated rings. The Bertz CT molecular complexity index is 498. The van der Waals surface area contributed by atoms with Gasteiger partial charge in [0.2, 0.25) is 0 Å². The Morgan fingerprint density at radius 1 is 1.43 bits per heavy atom. The third kappa shape index (κ3) is 3.69. The van der Waals surface area contributed by atoms with Crippen LogP contribution in [0, 0.1) is 17.0 Å². The van der Waals surface area contributed by atoms with E-state index in [4.69, 9.17) is 5.73 Å². The fourth-order valence-electron chi connectivity index (χ4n) is 3.02. The minimum Gasteiger partial charge on any atom is -0.354 e. The van der Waals surface area contributed by atoms with Crippen LogP contribution in [-0.4, -0.2) is 28.5 Å². The van der Waals surface area contributed by atoms with Crippen LogP contribution < -0.4 is 10.6 Å². The van der Waals surface area contributed by atoms with Crippen LogP contribution in [0.3, 0.4) is 0 Å². The third-order valence-electron chi connectivity index (χ3n) is 4.21. The van der Waals surface area contributed by atoms with Gasteiger partial charge in [-0.1, -0.05) is 6.92 Å². The molecule has 0 atom stereocenters. The van der Waals surface area contributed by atoms with Gasteiger partial charge in [0.15, 0.2) is 0 Å². The molecule has 6 nitrogen and oxygen atoms in total. The van der Waals surface area contributed by atoms with E-state index in [1.165, 1.54) is 6.20 Å². The number of nitrogens with zero attached hydrogens (tertiary/aromatic N) is 3. The SMILES string of the molecule is CCCN(c1cc(C)c([N+](=O)[O-])cn1)C1CCC(N)CC1. The average Bonchev–Trinajstić information content (AvgIpc) is 2.45. The zero-order chi connectivity index (χ0) is 15.4. The highest BCUT2D eigenvalue weighted by atomic mass is 16.6. The second-order valence-electron chi connectivity index (χ2n) is 5.85. The summed E-state index contributed by atoms with van der Waals surface area (Å²) >= 11 is 0. The van der Waals surface area contributed by atoms with Crippen molar-refractivity contribution in [2.45, 2.75) is 58.0 Å². The van der Waals surface area contributed by atoms with Crippen molar-refractivity contribution in [3.05, 3.63) is 27.9 Å². The van der Waals surface area contributed by atoms with Crippen molar-refractivity contribution in [3.63, 3.8) is 0 Å². The number of aryl methyl sites for hydroxylation is 1. The first kappa shape index (κ1) is 15.7. The lowest BCUT2D eigenvalue weighted by atomic mass is 9.90. The van der Waals surface area contributed by atoms with Crippen molar-refractivity contribution in [1.82, 2.24) is 4.98 Å². The van der Waals surface area contributed by atoms with E-state index in [0.717, 1.165) is 44.5 Å². The van der Waals surface area contributed by atoms with Crippen molar-refractivity contribution in [2.75, 3.05) is 11.4 Å². The van der Waals surface area contributed by atoms with Gasteiger partial charge in [-0.25, -0.2) is 4.98 Å². The molecular weight excluding hydrogens is 268 g/mol. The molecule has 116 valence electrons.